The second-order valence-corrected chi connectivity index (χ2v) is 9.17. The van der Waals surface area contributed by atoms with Crippen molar-refractivity contribution >= 4 is 16.1 Å². The Bertz CT molecular complexity index is 666. The summed E-state index contributed by atoms with van der Waals surface area (Å²) in [5.74, 6) is 0.352. The van der Waals surface area contributed by atoms with E-state index < -0.39 is 10.0 Å². The molecule has 6 nitrogen and oxygen atoms in total. The van der Waals surface area contributed by atoms with E-state index in [4.69, 9.17) is 0 Å². The van der Waals surface area contributed by atoms with Crippen LogP contribution < -0.4 is 10.6 Å². The van der Waals surface area contributed by atoms with E-state index >= 15 is 0 Å². The van der Waals surface area contributed by atoms with E-state index in [1.54, 1.807) is 4.31 Å². The first-order valence-corrected chi connectivity index (χ1v) is 10.6. The zero-order chi connectivity index (χ0) is 17.7. The Morgan fingerprint density at radius 1 is 1.04 bits per heavy atom. The van der Waals surface area contributed by atoms with Gasteiger partial charge in [-0.25, -0.2) is 17.5 Å². The predicted octanol–water partition coefficient (Wildman–Crippen LogP) is 1.73. The molecule has 138 valence electrons. The molecule has 2 fully saturated rings. The number of sulfonamides is 1. The second kappa shape index (κ2) is 8.19. The van der Waals surface area contributed by atoms with Gasteiger partial charge >= 0.3 is 6.03 Å². The van der Waals surface area contributed by atoms with Crippen LogP contribution in [0.25, 0.3) is 0 Å². The van der Waals surface area contributed by atoms with E-state index in [0.717, 1.165) is 32.1 Å². The lowest BCUT2D eigenvalue weighted by Crippen LogP contribution is -2.44. The third-order valence-electron chi connectivity index (χ3n) is 4.97. The number of benzene rings is 1. The van der Waals surface area contributed by atoms with Crippen LogP contribution in [0, 0.1) is 5.92 Å². The molecule has 3 rings (SSSR count). The van der Waals surface area contributed by atoms with Crippen molar-refractivity contribution in [3.05, 3.63) is 35.9 Å². The monoisotopic (exact) mass is 365 g/mol. The van der Waals surface area contributed by atoms with Gasteiger partial charge in [0.2, 0.25) is 10.0 Å². The van der Waals surface area contributed by atoms with Gasteiger partial charge in [0, 0.05) is 26.2 Å². The number of rotatable bonds is 7. The summed E-state index contributed by atoms with van der Waals surface area (Å²) in [4.78, 5) is 11.9. The average molecular weight is 365 g/mol. The van der Waals surface area contributed by atoms with Gasteiger partial charge in [-0.2, -0.15) is 0 Å². The van der Waals surface area contributed by atoms with Crippen LogP contribution in [0.1, 0.15) is 31.2 Å². The predicted molar refractivity (Wildman–Crippen MR) is 97.8 cm³/mol. The van der Waals surface area contributed by atoms with Gasteiger partial charge in [0.1, 0.15) is 0 Å². The van der Waals surface area contributed by atoms with E-state index in [1.165, 1.54) is 5.56 Å². The number of amides is 2. The number of hydrogen-bond donors (Lipinski definition) is 2. The molecule has 0 bridgehead atoms. The van der Waals surface area contributed by atoms with Crippen molar-refractivity contribution in [2.45, 2.75) is 37.4 Å². The minimum absolute atomic E-state index is 0.127. The second-order valence-electron chi connectivity index (χ2n) is 6.96. The highest BCUT2D eigenvalue weighted by atomic mass is 32.2. The molecule has 1 aromatic rings. The fourth-order valence-electron chi connectivity index (χ4n) is 3.21. The van der Waals surface area contributed by atoms with E-state index in [9.17, 15) is 13.2 Å². The van der Waals surface area contributed by atoms with Crippen LogP contribution in [0.2, 0.25) is 0 Å². The Labute approximate surface area is 150 Å². The summed E-state index contributed by atoms with van der Waals surface area (Å²) in [7, 11) is -3.05. The van der Waals surface area contributed by atoms with Gasteiger partial charge in [-0.15, -0.1) is 0 Å². The largest absolute Gasteiger partial charge is 0.338 e. The van der Waals surface area contributed by atoms with Crippen LogP contribution in [0.15, 0.2) is 30.3 Å². The topological polar surface area (TPSA) is 78.5 Å². The standard InChI is InChI=1S/C18H27N3O3S/c22-18(19-11-8-15-4-2-1-3-5-15)20-14-16-9-12-21(13-10-16)25(23,24)17-6-7-17/h1-5,16-17H,6-14H2,(H2,19,20,22). The Hall–Kier alpha value is -1.60. The van der Waals surface area contributed by atoms with Crippen molar-refractivity contribution in [2.75, 3.05) is 26.2 Å². The zero-order valence-corrected chi connectivity index (χ0v) is 15.3. The summed E-state index contributed by atoms with van der Waals surface area (Å²) in [6.45, 7) is 2.38. The summed E-state index contributed by atoms with van der Waals surface area (Å²) >= 11 is 0. The highest BCUT2D eigenvalue weighted by Gasteiger charge is 2.41. The number of urea groups is 1. The van der Waals surface area contributed by atoms with Gasteiger partial charge in [-0.05, 0) is 43.6 Å². The molecule has 0 spiro atoms. The van der Waals surface area contributed by atoms with Crippen LogP contribution in [-0.4, -0.2) is 50.2 Å². The van der Waals surface area contributed by atoms with E-state index in [1.807, 2.05) is 30.3 Å². The maximum Gasteiger partial charge on any atom is 0.314 e. The molecule has 0 radical (unpaired) electrons. The fraction of sp³-hybridized carbons (Fsp3) is 0.611. The number of piperidine rings is 1. The molecule has 1 aliphatic heterocycles. The van der Waals surface area contributed by atoms with Crippen molar-refractivity contribution in [1.82, 2.24) is 14.9 Å². The van der Waals surface area contributed by atoms with E-state index in [-0.39, 0.29) is 11.3 Å². The van der Waals surface area contributed by atoms with Gasteiger partial charge in [0.15, 0.2) is 0 Å². The van der Waals surface area contributed by atoms with Crippen LogP contribution >= 0.6 is 0 Å². The van der Waals surface area contributed by atoms with Crippen LogP contribution in [0.5, 0.6) is 0 Å². The smallest absolute Gasteiger partial charge is 0.314 e. The van der Waals surface area contributed by atoms with Crippen LogP contribution in [-0.2, 0) is 16.4 Å². The first kappa shape index (κ1) is 18.2. The lowest BCUT2D eigenvalue weighted by atomic mass is 9.98. The molecule has 2 aliphatic rings. The molecule has 7 heteroatoms. The summed E-state index contributed by atoms with van der Waals surface area (Å²) in [6, 6.07) is 9.90. The molecule has 1 saturated heterocycles. The molecule has 1 heterocycles. The Morgan fingerprint density at radius 3 is 2.36 bits per heavy atom. The molecule has 0 aromatic heterocycles. The maximum absolute atomic E-state index is 12.2. The summed E-state index contributed by atoms with van der Waals surface area (Å²) in [5, 5.41) is 5.65. The first-order chi connectivity index (χ1) is 12.1. The number of nitrogens with zero attached hydrogens (tertiary/aromatic N) is 1. The molecular formula is C18H27N3O3S. The SMILES string of the molecule is O=C(NCCc1ccccc1)NCC1CCN(S(=O)(=O)C2CC2)CC1. The summed E-state index contributed by atoms with van der Waals surface area (Å²) in [6.07, 6.45) is 4.07. The van der Waals surface area contributed by atoms with Crippen molar-refractivity contribution < 1.29 is 13.2 Å². The summed E-state index contributed by atoms with van der Waals surface area (Å²) < 4.78 is 26.0. The van der Waals surface area contributed by atoms with Crippen molar-refractivity contribution in [2.24, 2.45) is 5.92 Å². The molecule has 2 N–H and O–H groups in total. The number of hydrogen-bond acceptors (Lipinski definition) is 3. The molecule has 1 aromatic carbocycles. The molecule has 0 atom stereocenters. The van der Waals surface area contributed by atoms with Gasteiger partial charge in [-0.1, -0.05) is 30.3 Å². The van der Waals surface area contributed by atoms with E-state index in [0.29, 0.717) is 32.1 Å². The van der Waals surface area contributed by atoms with Crippen LogP contribution in [0.3, 0.4) is 0 Å². The fourth-order valence-corrected chi connectivity index (χ4v) is 5.08. The minimum atomic E-state index is -3.05. The van der Waals surface area contributed by atoms with Crippen molar-refractivity contribution in [3.63, 3.8) is 0 Å². The van der Waals surface area contributed by atoms with Gasteiger partial charge < -0.3 is 10.6 Å². The van der Waals surface area contributed by atoms with Gasteiger partial charge in [0.05, 0.1) is 5.25 Å². The number of carbonyl (C=O) groups excluding carboxylic acids is 1. The first-order valence-electron chi connectivity index (χ1n) is 9.10. The minimum Gasteiger partial charge on any atom is -0.338 e. The third kappa shape index (κ3) is 5.19. The number of nitrogens with one attached hydrogen (secondary N) is 2. The lowest BCUT2D eigenvalue weighted by molar-refractivity contribution is 0.231. The van der Waals surface area contributed by atoms with Crippen molar-refractivity contribution in [3.8, 4) is 0 Å². The Balaban J connectivity index is 1.31. The summed E-state index contributed by atoms with van der Waals surface area (Å²) in [5.41, 5.74) is 1.20. The van der Waals surface area contributed by atoms with Gasteiger partial charge in [0.25, 0.3) is 0 Å². The molecule has 2 amide bonds. The molecule has 25 heavy (non-hydrogen) atoms. The molecule has 1 saturated carbocycles. The Morgan fingerprint density at radius 2 is 1.72 bits per heavy atom. The average Bonchev–Trinajstić information content (AvgIpc) is 3.47. The quantitative estimate of drug-likeness (QED) is 0.772. The maximum atomic E-state index is 12.2. The van der Waals surface area contributed by atoms with Gasteiger partial charge in [-0.3, -0.25) is 0 Å². The number of carbonyl (C=O) groups is 1. The highest BCUT2D eigenvalue weighted by molar-refractivity contribution is 7.90. The third-order valence-corrected chi connectivity index (χ3v) is 7.37. The zero-order valence-electron chi connectivity index (χ0n) is 14.5. The Kier molecular flexibility index (Phi) is 5.96. The molecular weight excluding hydrogens is 338 g/mol. The normalized spacial score (nSPS) is 19.5. The van der Waals surface area contributed by atoms with E-state index in [2.05, 4.69) is 10.6 Å². The lowest BCUT2D eigenvalue weighted by Gasteiger charge is -2.31. The molecule has 0 unspecified atom stereocenters. The molecule has 1 aliphatic carbocycles. The van der Waals surface area contributed by atoms with Crippen LogP contribution in [0.4, 0.5) is 4.79 Å². The highest BCUT2D eigenvalue weighted by Crippen LogP contribution is 2.32. The van der Waals surface area contributed by atoms with Crippen molar-refractivity contribution in [1.29, 1.82) is 0 Å².